The Bertz CT molecular complexity index is 747. The molecule has 2 saturated heterocycles. The highest BCUT2D eigenvalue weighted by Gasteiger charge is 2.39. The normalized spacial score (nSPS) is 26.3. The maximum absolute atomic E-state index is 13.0. The molecule has 0 saturated carbocycles. The van der Waals surface area contributed by atoms with E-state index in [0.717, 1.165) is 56.8 Å². The van der Waals surface area contributed by atoms with Crippen LogP contribution in [-0.2, 0) is 0 Å². The molecule has 0 aromatic heterocycles. The lowest BCUT2D eigenvalue weighted by atomic mass is 9.74. The van der Waals surface area contributed by atoms with Gasteiger partial charge in [-0.05, 0) is 50.4 Å². The molecule has 1 unspecified atom stereocenters. The molecule has 25 heavy (non-hydrogen) atoms. The van der Waals surface area contributed by atoms with E-state index in [0.29, 0.717) is 16.7 Å². The molecule has 2 fully saturated rings. The monoisotopic (exact) mass is 341 g/mol. The highest BCUT2D eigenvalue weighted by Crippen LogP contribution is 2.36. The average Bonchev–Trinajstić information content (AvgIpc) is 2.86. The van der Waals surface area contributed by atoms with Gasteiger partial charge in [0.25, 0.3) is 17.7 Å². The van der Waals surface area contributed by atoms with E-state index in [-0.39, 0.29) is 23.1 Å². The number of fused-ring (bicyclic) bond motifs is 1. The van der Waals surface area contributed by atoms with Crippen molar-refractivity contribution in [2.24, 2.45) is 5.41 Å². The number of amides is 3. The van der Waals surface area contributed by atoms with Crippen molar-refractivity contribution in [2.45, 2.75) is 25.7 Å². The Morgan fingerprint density at radius 3 is 2.64 bits per heavy atom. The first kappa shape index (κ1) is 16.3. The van der Waals surface area contributed by atoms with E-state index in [1.54, 1.807) is 18.2 Å². The predicted octanol–water partition coefficient (Wildman–Crippen LogP) is 1.52. The van der Waals surface area contributed by atoms with Crippen LogP contribution < -0.4 is 5.32 Å². The summed E-state index contributed by atoms with van der Waals surface area (Å²) in [5.41, 5.74) is 1.41. The average molecular weight is 341 g/mol. The fourth-order valence-corrected chi connectivity index (χ4v) is 4.44. The second kappa shape index (κ2) is 5.95. The number of nitrogens with zero attached hydrogens (tertiary/aromatic N) is 2. The third-order valence-corrected chi connectivity index (χ3v) is 5.85. The van der Waals surface area contributed by atoms with E-state index in [1.165, 1.54) is 7.05 Å². The Labute approximate surface area is 147 Å². The Balaban J connectivity index is 1.57. The van der Waals surface area contributed by atoms with E-state index in [4.69, 9.17) is 0 Å². The summed E-state index contributed by atoms with van der Waals surface area (Å²) in [6, 6.07) is 4.86. The maximum atomic E-state index is 13.0. The van der Waals surface area contributed by atoms with E-state index >= 15 is 0 Å². The summed E-state index contributed by atoms with van der Waals surface area (Å²) in [5, 5.41) is 3.47. The van der Waals surface area contributed by atoms with Gasteiger partial charge < -0.3 is 10.2 Å². The second-order valence-corrected chi connectivity index (χ2v) is 7.54. The zero-order valence-electron chi connectivity index (χ0n) is 14.5. The molecule has 1 aromatic carbocycles. The van der Waals surface area contributed by atoms with Crippen molar-refractivity contribution in [3.63, 3.8) is 0 Å². The molecule has 0 bridgehead atoms. The zero-order chi connectivity index (χ0) is 17.6. The standard InChI is InChI=1S/C19H23N3O3/c1-21-17(24)14-5-4-13(10-15(14)18(21)25)16(23)22-9-3-7-19(12-22)6-2-8-20-11-19/h4-5,10,20H,2-3,6-9,11-12H2,1H3. The van der Waals surface area contributed by atoms with Crippen LogP contribution >= 0.6 is 0 Å². The summed E-state index contributed by atoms with van der Waals surface area (Å²) in [5.74, 6) is -0.673. The largest absolute Gasteiger partial charge is 0.338 e. The quantitative estimate of drug-likeness (QED) is 0.786. The second-order valence-electron chi connectivity index (χ2n) is 7.54. The molecule has 1 spiro atoms. The van der Waals surface area contributed by atoms with E-state index in [2.05, 4.69) is 5.32 Å². The van der Waals surface area contributed by atoms with Crippen LogP contribution in [0.3, 0.4) is 0 Å². The van der Waals surface area contributed by atoms with Crippen LogP contribution in [0, 0.1) is 5.41 Å². The predicted molar refractivity (Wildman–Crippen MR) is 92.5 cm³/mol. The van der Waals surface area contributed by atoms with E-state index in [9.17, 15) is 14.4 Å². The zero-order valence-corrected chi connectivity index (χ0v) is 14.5. The van der Waals surface area contributed by atoms with Gasteiger partial charge in [0.05, 0.1) is 11.1 Å². The van der Waals surface area contributed by atoms with Gasteiger partial charge in [-0.15, -0.1) is 0 Å². The summed E-state index contributed by atoms with van der Waals surface area (Å²) in [6.07, 6.45) is 4.49. The van der Waals surface area contributed by atoms with Gasteiger partial charge in [-0.3, -0.25) is 19.3 Å². The number of hydrogen-bond donors (Lipinski definition) is 1. The number of carbonyl (C=O) groups is 3. The third-order valence-electron chi connectivity index (χ3n) is 5.85. The Morgan fingerprint density at radius 1 is 1.12 bits per heavy atom. The van der Waals surface area contributed by atoms with Crippen LogP contribution in [-0.4, -0.2) is 60.7 Å². The molecule has 6 heteroatoms. The number of hydrogen-bond acceptors (Lipinski definition) is 4. The lowest BCUT2D eigenvalue weighted by molar-refractivity contribution is 0.0434. The van der Waals surface area contributed by atoms with Gasteiger partial charge in [0.15, 0.2) is 0 Å². The van der Waals surface area contributed by atoms with Crippen molar-refractivity contribution in [1.29, 1.82) is 0 Å². The lowest BCUT2D eigenvalue weighted by Crippen LogP contribution is -2.52. The summed E-state index contributed by atoms with van der Waals surface area (Å²) in [4.78, 5) is 40.2. The van der Waals surface area contributed by atoms with Crippen LogP contribution in [0.15, 0.2) is 18.2 Å². The molecule has 1 N–H and O–H groups in total. The summed E-state index contributed by atoms with van der Waals surface area (Å²) in [7, 11) is 1.47. The Kier molecular flexibility index (Phi) is 3.87. The van der Waals surface area contributed by atoms with Crippen LogP contribution in [0.5, 0.6) is 0 Å². The molecule has 4 rings (SSSR count). The van der Waals surface area contributed by atoms with Crippen molar-refractivity contribution in [3.8, 4) is 0 Å². The van der Waals surface area contributed by atoms with Crippen molar-refractivity contribution < 1.29 is 14.4 Å². The number of benzene rings is 1. The van der Waals surface area contributed by atoms with Gasteiger partial charge in [0.2, 0.25) is 0 Å². The Hall–Kier alpha value is -2.21. The first-order valence-electron chi connectivity index (χ1n) is 8.97. The van der Waals surface area contributed by atoms with Crippen LogP contribution in [0.25, 0.3) is 0 Å². The molecule has 3 aliphatic heterocycles. The molecule has 0 radical (unpaired) electrons. The van der Waals surface area contributed by atoms with Gasteiger partial charge in [-0.25, -0.2) is 0 Å². The molecule has 6 nitrogen and oxygen atoms in total. The molecular formula is C19H23N3O3. The minimum Gasteiger partial charge on any atom is -0.338 e. The number of likely N-dealkylation sites (tertiary alicyclic amines) is 1. The first-order chi connectivity index (χ1) is 12.0. The van der Waals surface area contributed by atoms with Gasteiger partial charge in [0.1, 0.15) is 0 Å². The molecule has 1 aromatic rings. The van der Waals surface area contributed by atoms with Crippen LogP contribution in [0.4, 0.5) is 0 Å². The fourth-order valence-electron chi connectivity index (χ4n) is 4.44. The van der Waals surface area contributed by atoms with Gasteiger partial charge in [-0.1, -0.05) is 0 Å². The minimum absolute atomic E-state index is 0.0396. The number of imide groups is 1. The number of carbonyl (C=O) groups excluding carboxylic acids is 3. The minimum atomic E-state index is -0.332. The molecular weight excluding hydrogens is 318 g/mol. The molecule has 3 amide bonds. The molecule has 3 heterocycles. The number of nitrogens with one attached hydrogen (secondary N) is 1. The van der Waals surface area contributed by atoms with Gasteiger partial charge >= 0.3 is 0 Å². The van der Waals surface area contributed by atoms with Gasteiger partial charge in [-0.2, -0.15) is 0 Å². The SMILES string of the molecule is CN1C(=O)c2ccc(C(=O)N3CCCC4(CCCNC4)C3)cc2C1=O. The number of rotatable bonds is 1. The van der Waals surface area contributed by atoms with Crippen LogP contribution in [0.2, 0.25) is 0 Å². The molecule has 132 valence electrons. The van der Waals surface area contributed by atoms with Crippen molar-refractivity contribution in [2.75, 3.05) is 33.2 Å². The summed E-state index contributed by atoms with van der Waals surface area (Å²) < 4.78 is 0. The summed E-state index contributed by atoms with van der Waals surface area (Å²) in [6.45, 7) is 3.55. The van der Waals surface area contributed by atoms with Crippen molar-refractivity contribution >= 4 is 17.7 Å². The Morgan fingerprint density at radius 2 is 1.88 bits per heavy atom. The van der Waals surface area contributed by atoms with E-state index in [1.807, 2.05) is 4.90 Å². The molecule has 0 aliphatic carbocycles. The lowest BCUT2D eigenvalue weighted by Gasteiger charge is -2.45. The topological polar surface area (TPSA) is 69.7 Å². The highest BCUT2D eigenvalue weighted by atomic mass is 16.2. The van der Waals surface area contributed by atoms with Crippen molar-refractivity contribution in [1.82, 2.24) is 15.1 Å². The van der Waals surface area contributed by atoms with Crippen molar-refractivity contribution in [3.05, 3.63) is 34.9 Å². The summed E-state index contributed by atoms with van der Waals surface area (Å²) >= 11 is 0. The maximum Gasteiger partial charge on any atom is 0.261 e. The van der Waals surface area contributed by atoms with Crippen LogP contribution in [0.1, 0.15) is 56.8 Å². The molecule has 3 aliphatic rings. The van der Waals surface area contributed by atoms with Gasteiger partial charge in [0, 0.05) is 37.7 Å². The third kappa shape index (κ3) is 2.65. The highest BCUT2D eigenvalue weighted by molar-refractivity contribution is 6.21. The molecule has 1 atom stereocenters. The first-order valence-corrected chi connectivity index (χ1v) is 8.97. The smallest absolute Gasteiger partial charge is 0.261 e. The van der Waals surface area contributed by atoms with E-state index < -0.39 is 0 Å². The number of piperidine rings is 2. The fraction of sp³-hybridized carbons (Fsp3) is 0.526.